The molecule has 0 saturated heterocycles. The van der Waals surface area contributed by atoms with Crippen LogP contribution in [0, 0.1) is 12.8 Å². The Balaban J connectivity index is 0.00000116. The fraction of sp³-hybridized carbons (Fsp3) is 0.400. The minimum atomic E-state index is -0.355. The van der Waals surface area contributed by atoms with Crippen LogP contribution in [0.1, 0.15) is 45.7 Å². The predicted octanol–water partition coefficient (Wildman–Crippen LogP) is 5.64. The fourth-order valence-electron chi connectivity index (χ4n) is 1.97. The van der Waals surface area contributed by atoms with E-state index in [1.807, 2.05) is 56.3 Å². The van der Waals surface area contributed by atoms with E-state index in [1.165, 1.54) is 5.56 Å². The third-order valence-corrected chi connectivity index (χ3v) is 3.91. The molecular weight excluding hydrogens is 270 g/mol. The zero-order chi connectivity index (χ0) is 16.8. The van der Waals surface area contributed by atoms with Crippen molar-refractivity contribution in [2.75, 3.05) is 0 Å². The molecule has 0 bridgehead atoms. The molecule has 1 atom stereocenters. The van der Waals surface area contributed by atoms with E-state index in [0.717, 1.165) is 17.1 Å². The van der Waals surface area contributed by atoms with Crippen LogP contribution in [0.5, 0.6) is 11.5 Å². The third kappa shape index (κ3) is 4.60. The van der Waals surface area contributed by atoms with Gasteiger partial charge in [0.15, 0.2) is 0 Å². The van der Waals surface area contributed by atoms with Gasteiger partial charge in [0, 0.05) is 5.54 Å². The summed E-state index contributed by atoms with van der Waals surface area (Å²) in [5, 5.41) is 0. The van der Waals surface area contributed by atoms with Crippen LogP contribution < -0.4 is 10.5 Å². The van der Waals surface area contributed by atoms with Gasteiger partial charge in [0.1, 0.15) is 11.5 Å². The summed E-state index contributed by atoms with van der Waals surface area (Å²) >= 11 is 0. The lowest BCUT2D eigenvalue weighted by molar-refractivity contribution is 0.349. The number of ether oxygens (including phenoxy) is 1. The molecule has 0 aliphatic carbocycles. The molecule has 0 aliphatic rings. The normalized spacial score (nSPS) is 13.1. The van der Waals surface area contributed by atoms with Gasteiger partial charge in [-0.15, -0.1) is 0 Å². The zero-order valence-electron chi connectivity index (χ0n) is 14.7. The lowest BCUT2D eigenvalue weighted by Gasteiger charge is -2.30. The minimum absolute atomic E-state index is 0.355. The molecule has 0 spiro atoms. The average Bonchev–Trinajstić information content (AvgIpc) is 2.52. The van der Waals surface area contributed by atoms with Crippen LogP contribution in [0.15, 0.2) is 48.5 Å². The van der Waals surface area contributed by atoms with E-state index in [2.05, 4.69) is 33.8 Å². The van der Waals surface area contributed by atoms with Gasteiger partial charge in [-0.3, -0.25) is 0 Å². The van der Waals surface area contributed by atoms with Crippen LogP contribution in [-0.2, 0) is 5.54 Å². The highest BCUT2D eigenvalue weighted by molar-refractivity contribution is 5.37. The van der Waals surface area contributed by atoms with Crippen LogP contribution in [-0.4, -0.2) is 0 Å². The molecule has 2 rings (SSSR count). The average molecular weight is 299 g/mol. The van der Waals surface area contributed by atoms with Gasteiger partial charge in [-0.25, -0.2) is 0 Å². The van der Waals surface area contributed by atoms with Gasteiger partial charge in [0.25, 0.3) is 0 Å². The van der Waals surface area contributed by atoms with Gasteiger partial charge < -0.3 is 10.5 Å². The van der Waals surface area contributed by atoms with Crippen molar-refractivity contribution in [2.24, 2.45) is 11.7 Å². The van der Waals surface area contributed by atoms with Crippen molar-refractivity contribution in [3.05, 3.63) is 59.7 Å². The molecule has 0 heterocycles. The first kappa shape index (κ1) is 18.2. The largest absolute Gasteiger partial charge is 0.457 e. The monoisotopic (exact) mass is 299 g/mol. The van der Waals surface area contributed by atoms with E-state index in [-0.39, 0.29) is 5.54 Å². The highest BCUT2D eigenvalue weighted by atomic mass is 16.5. The molecule has 1 unspecified atom stereocenters. The van der Waals surface area contributed by atoms with E-state index in [0.29, 0.717) is 5.92 Å². The van der Waals surface area contributed by atoms with Crippen molar-refractivity contribution < 1.29 is 4.74 Å². The highest BCUT2D eigenvalue weighted by Crippen LogP contribution is 2.30. The summed E-state index contributed by atoms with van der Waals surface area (Å²) in [6, 6.07) is 16.1. The van der Waals surface area contributed by atoms with Crippen LogP contribution in [0.4, 0.5) is 0 Å². The van der Waals surface area contributed by atoms with Crippen molar-refractivity contribution in [1.82, 2.24) is 0 Å². The molecule has 0 aliphatic heterocycles. The predicted molar refractivity (Wildman–Crippen MR) is 95.4 cm³/mol. The second-order valence-electron chi connectivity index (χ2n) is 5.88. The van der Waals surface area contributed by atoms with Crippen LogP contribution >= 0.6 is 0 Å². The molecule has 0 radical (unpaired) electrons. The van der Waals surface area contributed by atoms with Gasteiger partial charge >= 0.3 is 0 Å². The molecule has 2 nitrogen and oxygen atoms in total. The minimum Gasteiger partial charge on any atom is -0.457 e. The van der Waals surface area contributed by atoms with Crippen molar-refractivity contribution in [1.29, 1.82) is 0 Å². The Morgan fingerprint density at radius 3 is 2.09 bits per heavy atom. The third-order valence-electron chi connectivity index (χ3n) is 3.91. The molecule has 2 heteroatoms. The second kappa shape index (κ2) is 8.00. The van der Waals surface area contributed by atoms with Gasteiger partial charge in [-0.2, -0.15) is 0 Å². The quantitative estimate of drug-likeness (QED) is 0.792. The standard InChI is InChI=1S/C18H23NO.C2H6/c1-13(2)18(4,19)15-6-5-7-17(12-15)20-16-10-8-14(3)9-11-16;1-2/h5-13H,19H2,1-4H3;1-2H3. The van der Waals surface area contributed by atoms with E-state index >= 15 is 0 Å². The molecule has 0 fully saturated rings. The van der Waals surface area contributed by atoms with Gasteiger partial charge in [0.05, 0.1) is 0 Å². The molecule has 120 valence electrons. The number of benzene rings is 2. The fourth-order valence-corrected chi connectivity index (χ4v) is 1.97. The molecule has 2 aromatic carbocycles. The van der Waals surface area contributed by atoms with Crippen LogP contribution in [0.2, 0.25) is 0 Å². The summed E-state index contributed by atoms with van der Waals surface area (Å²) in [4.78, 5) is 0. The Morgan fingerprint density at radius 1 is 0.955 bits per heavy atom. The van der Waals surface area contributed by atoms with E-state index in [4.69, 9.17) is 10.5 Å². The molecule has 0 saturated carbocycles. The molecule has 0 amide bonds. The van der Waals surface area contributed by atoms with E-state index in [9.17, 15) is 0 Å². The molecule has 2 aromatic rings. The van der Waals surface area contributed by atoms with Crippen molar-refractivity contribution in [3.63, 3.8) is 0 Å². The van der Waals surface area contributed by atoms with Gasteiger partial charge in [-0.05, 0) is 49.6 Å². The maximum absolute atomic E-state index is 6.41. The first-order valence-electron chi connectivity index (χ1n) is 8.03. The summed E-state index contributed by atoms with van der Waals surface area (Å²) in [6.45, 7) is 12.4. The van der Waals surface area contributed by atoms with Crippen molar-refractivity contribution in [3.8, 4) is 11.5 Å². The van der Waals surface area contributed by atoms with Crippen LogP contribution in [0.3, 0.4) is 0 Å². The van der Waals surface area contributed by atoms with E-state index < -0.39 is 0 Å². The second-order valence-corrected chi connectivity index (χ2v) is 5.88. The molecular formula is C20H29NO. The highest BCUT2D eigenvalue weighted by Gasteiger charge is 2.25. The Morgan fingerprint density at radius 2 is 1.55 bits per heavy atom. The topological polar surface area (TPSA) is 35.2 Å². The van der Waals surface area contributed by atoms with Gasteiger partial charge in [0.2, 0.25) is 0 Å². The summed E-state index contributed by atoms with van der Waals surface area (Å²) in [5.41, 5.74) is 8.37. The first-order valence-corrected chi connectivity index (χ1v) is 8.03. The number of nitrogens with two attached hydrogens (primary N) is 1. The molecule has 22 heavy (non-hydrogen) atoms. The zero-order valence-corrected chi connectivity index (χ0v) is 14.7. The summed E-state index contributed by atoms with van der Waals surface area (Å²) < 4.78 is 5.89. The number of hydrogen-bond acceptors (Lipinski definition) is 2. The summed E-state index contributed by atoms with van der Waals surface area (Å²) in [6.07, 6.45) is 0. The van der Waals surface area contributed by atoms with Crippen molar-refractivity contribution >= 4 is 0 Å². The lowest BCUT2D eigenvalue weighted by Crippen LogP contribution is -2.38. The van der Waals surface area contributed by atoms with Crippen LogP contribution in [0.25, 0.3) is 0 Å². The van der Waals surface area contributed by atoms with Gasteiger partial charge in [-0.1, -0.05) is 57.5 Å². The summed E-state index contributed by atoms with van der Waals surface area (Å²) in [5.74, 6) is 2.02. The Bertz CT molecular complexity index is 571. The van der Waals surface area contributed by atoms with Crippen molar-refractivity contribution in [2.45, 2.75) is 47.1 Å². The number of aryl methyl sites for hydroxylation is 1. The smallest absolute Gasteiger partial charge is 0.127 e. The maximum Gasteiger partial charge on any atom is 0.127 e. The lowest BCUT2D eigenvalue weighted by atomic mass is 9.83. The first-order chi connectivity index (χ1) is 10.4. The van der Waals surface area contributed by atoms with E-state index in [1.54, 1.807) is 0 Å². The Kier molecular flexibility index (Phi) is 6.63. The maximum atomic E-state index is 6.41. The summed E-state index contributed by atoms with van der Waals surface area (Å²) in [7, 11) is 0. The number of rotatable bonds is 4. The molecule has 2 N–H and O–H groups in total. The number of hydrogen-bond donors (Lipinski definition) is 1. The SMILES string of the molecule is CC.Cc1ccc(Oc2cccc(C(C)(N)C(C)C)c2)cc1. The Hall–Kier alpha value is -1.80. The molecule has 0 aromatic heterocycles. The Labute approximate surface area is 135 Å².